The van der Waals surface area contributed by atoms with Crippen molar-refractivity contribution in [3.8, 4) is 11.3 Å². The molecule has 23 heavy (non-hydrogen) atoms. The number of likely N-dealkylation sites (tertiary alicyclic amines) is 1. The van der Waals surface area contributed by atoms with E-state index >= 15 is 0 Å². The first-order chi connectivity index (χ1) is 11.3. The zero-order chi connectivity index (χ0) is 15.8. The summed E-state index contributed by atoms with van der Waals surface area (Å²) in [6.07, 6.45) is 3.41. The topological polar surface area (TPSA) is 54.7 Å². The van der Waals surface area contributed by atoms with E-state index in [-0.39, 0.29) is 17.0 Å². The van der Waals surface area contributed by atoms with Crippen LogP contribution in [0.25, 0.3) is 16.2 Å². The second kappa shape index (κ2) is 5.62. The van der Waals surface area contributed by atoms with Crippen LogP contribution in [0.5, 0.6) is 0 Å². The molecule has 0 saturated carbocycles. The van der Waals surface area contributed by atoms with Gasteiger partial charge in [0.25, 0.3) is 11.5 Å². The van der Waals surface area contributed by atoms with Crippen molar-refractivity contribution in [3.63, 3.8) is 0 Å². The van der Waals surface area contributed by atoms with Gasteiger partial charge in [0.1, 0.15) is 5.56 Å². The van der Waals surface area contributed by atoms with Crippen LogP contribution in [0.1, 0.15) is 23.2 Å². The summed E-state index contributed by atoms with van der Waals surface area (Å²) >= 11 is 1.40. The van der Waals surface area contributed by atoms with Gasteiger partial charge in [0.05, 0.1) is 5.69 Å². The Labute approximate surface area is 136 Å². The van der Waals surface area contributed by atoms with Gasteiger partial charge in [-0.2, -0.15) is 0 Å². The average Bonchev–Trinajstić information content (AvgIpc) is 3.25. The molecule has 0 bridgehead atoms. The van der Waals surface area contributed by atoms with E-state index in [1.807, 2.05) is 35.7 Å². The summed E-state index contributed by atoms with van der Waals surface area (Å²) in [5, 5.41) is 1.91. The molecule has 6 heteroatoms. The smallest absolute Gasteiger partial charge is 0.271 e. The van der Waals surface area contributed by atoms with Crippen LogP contribution in [-0.4, -0.2) is 33.3 Å². The van der Waals surface area contributed by atoms with Crippen LogP contribution in [-0.2, 0) is 0 Å². The number of hydrogen-bond acceptors (Lipinski definition) is 4. The third-order valence-corrected chi connectivity index (χ3v) is 4.98. The van der Waals surface area contributed by atoms with Crippen LogP contribution in [0.4, 0.5) is 0 Å². The van der Waals surface area contributed by atoms with Gasteiger partial charge in [0.2, 0.25) is 0 Å². The van der Waals surface area contributed by atoms with E-state index in [0.717, 1.165) is 37.2 Å². The van der Waals surface area contributed by atoms with Gasteiger partial charge >= 0.3 is 0 Å². The fourth-order valence-corrected chi connectivity index (χ4v) is 3.80. The molecule has 0 aliphatic carbocycles. The van der Waals surface area contributed by atoms with Crippen LogP contribution >= 0.6 is 11.3 Å². The predicted molar refractivity (Wildman–Crippen MR) is 89.9 cm³/mol. The number of carbonyl (C=O) groups excluding carboxylic acids is 1. The summed E-state index contributed by atoms with van der Waals surface area (Å²) in [4.78, 5) is 32.1. The molecule has 1 aromatic carbocycles. The summed E-state index contributed by atoms with van der Waals surface area (Å²) in [5.41, 5.74) is 1.58. The quantitative estimate of drug-likeness (QED) is 0.728. The SMILES string of the molecule is O=C(c1cnc2scc(-c3ccccc3)n2c1=O)N1CCCC1. The zero-order valence-corrected chi connectivity index (χ0v) is 13.3. The van der Waals surface area contributed by atoms with Crippen molar-refractivity contribution < 1.29 is 4.79 Å². The van der Waals surface area contributed by atoms with E-state index in [9.17, 15) is 9.59 Å². The highest BCUT2D eigenvalue weighted by Crippen LogP contribution is 2.23. The number of fused-ring (bicyclic) bond motifs is 1. The van der Waals surface area contributed by atoms with E-state index in [1.165, 1.54) is 17.5 Å². The number of benzene rings is 1. The largest absolute Gasteiger partial charge is 0.338 e. The van der Waals surface area contributed by atoms with E-state index in [4.69, 9.17) is 0 Å². The van der Waals surface area contributed by atoms with Crippen molar-refractivity contribution in [2.75, 3.05) is 13.1 Å². The van der Waals surface area contributed by atoms with Gasteiger partial charge in [0, 0.05) is 24.7 Å². The Morgan fingerprint density at radius 1 is 1.13 bits per heavy atom. The molecule has 1 aliphatic heterocycles. The zero-order valence-electron chi connectivity index (χ0n) is 12.4. The molecule has 0 spiro atoms. The van der Waals surface area contributed by atoms with Gasteiger partial charge in [-0.25, -0.2) is 4.98 Å². The molecule has 1 fully saturated rings. The summed E-state index contributed by atoms with van der Waals surface area (Å²) in [6.45, 7) is 1.44. The molecular formula is C17H15N3O2S. The first kappa shape index (κ1) is 14.1. The second-order valence-electron chi connectivity index (χ2n) is 5.58. The maximum absolute atomic E-state index is 12.9. The normalized spacial score (nSPS) is 14.5. The van der Waals surface area contributed by atoms with Crippen LogP contribution in [0.2, 0.25) is 0 Å². The molecule has 5 nitrogen and oxygen atoms in total. The minimum atomic E-state index is -0.285. The Balaban J connectivity index is 1.87. The first-order valence-corrected chi connectivity index (χ1v) is 8.47. The molecule has 2 aromatic heterocycles. The van der Waals surface area contributed by atoms with Gasteiger partial charge in [-0.1, -0.05) is 30.3 Å². The Morgan fingerprint density at radius 3 is 2.61 bits per heavy atom. The predicted octanol–water partition coefficient (Wildman–Crippen LogP) is 2.66. The summed E-state index contributed by atoms with van der Waals surface area (Å²) in [5.74, 6) is -0.209. The minimum Gasteiger partial charge on any atom is -0.338 e. The third-order valence-electron chi connectivity index (χ3n) is 4.14. The van der Waals surface area contributed by atoms with Gasteiger partial charge in [0.15, 0.2) is 4.96 Å². The lowest BCUT2D eigenvalue weighted by Gasteiger charge is -2.14. The van der Waals surface area contributed by atoms with Gasteiger partial charge in [-0.15, -0.1) is 11.3 Å². The summed E-state index contributed by atoms with van der Waals surface area (Å²) in [6, 6.07) is 9.68. The molecule has 0 N–H and O–H groups in total. The molecule has 1 aliphatic rings. The van der Waals surface area contributed by atoms with Crippen LogP contribution in [0.3, 0.4) is 0 Å². The lowest BCUT2D eigenvalue weighted by molar-refractivity contribution is 0.0790. The molecule has 1 amide bonds. The maximum Gasteiger partial charge on any atom is 0.271 e. The van der Waals surface area contributed by atoms with Crippen molar-refractivity contribution in [1.29, 1.82) is 0 Å². The first-order valence-electron chi connectivity index (χ1n) is 7.59. The van der Waals surface area contributed by atoms with Crippen LogP contribution in [0.15, 0.2) is 46.7 Å². The Hall–Kier alpha value is -2.47. The highest BCUT2D eigenvalue weighted by atomic mass is 32.1. The number of thiazole rings is 1. The Bertz CT molecular complexity index is 924. The number of hydrogen-bond donors (Lipinski definition) is 0. The molecule has 0 atom stereocenters. The van der Waals surface area contributed by atoms with Gasteiger partial charge in [-0.05, 0) is 18.4 Å². The Morgan fingerprint density at radius 2 is 1.87 bits per heavy atom. The van der Waals surface area contributed by atoms with Crippen LogP contribution < -0.4 is 5.56 Å². The number of rotatable bonds is 2. The molecular weight excluding hydrogens is 310 g/mol. The molecule has 3 heterocycles. The fraction of sp³-hybridized carbons (Fsp3) is 0.235. The highest BCUT2D eigenvalue weighted by molar-refractivity contribution is 7.15. The molecule has 3 aromatic rings. The third kappa shape index (κ3) is 2.35. The Kier molecular flexibility index (Phi) is 3.46. The standard InChI is InChI=1S/C17H15N3O2S/c21-15(19-8-4-5-9-19)13-10-18-17-20(16(13)22)14(11-23-17)12-6-2-1-3-7-12/h1-3,6-7,10-11H,4-5,8-9H2. The lowest BCUT2D eigenvalue weighted by Crippen LogP contribution is -2.33. The van der Waals surface area contributed by atoms with Gasteiger partial charge in [-0.3, -0.25) is 14.0 Å². The molecule has 0 radical (unpaired) electrons. The van der Waals surface area contributed by atoms with Crippen molar-refractivity contribution in [3.05, 3.63) is 57.8 Å². The average molecular weight is 325 g/mol. The molecule has 116 valence electrons. The maximum atomic E-state index is 12.9. The van der Waals surface area contributed by atoms with E-state index in [2.05, 4.69) is 4.98 Å². The fourth-order valence-electron chi connectivity index (χ4n) is 2.94. The van der Waals surface area contributed by atoms with E-state index in [1.54, 1.807) is 9.30 Å². The number of nitrogens with zero attached hydrogens (tertiary/aromatic N) is 3. The minimum absolute atomic E-state index is 0.153. The van der Waals surface area contributed by atoms with Crippen molar-refractivity contribution in [2.24, 2.45) is 0 Å². The molecule has 0 unspecified atom stereocenters. The molecule has 1 saturated heterocycles. The second-order valence-corrected chi connectivity index (χ2v) is 6.42. The van der Waals surface area contributed by atoms with E-state index in [0.29, 0.717) is 4.96 Å². The van der Waals surface area contributed by atoms with Gasteiger partial charge < -0.3 is 4.90 Å². The lowest BCUT2D eigenvalue weighted by atomic mass is 10.2. The summed E-state index contributed by atoms with van der Waals surface area (Å²) in [7, 11) is 0. The van der Waals surface area contributed by atoms with Crippen LogP contribution in [0, 0.1) is 0 Å². The van der Waals surface area contributed by atoms with Crippen molar-refractivity contribution in [1.82, 2.24) is 14.3 Å². The number of carbonyl (C=O) groups is 1. The highest BCUT2D eigenvalue weighted by Gasteiger charge is 2.24. The number of amides is 1. The van der Waals surface area contributed by atoms with E-state index < -0.39 is 0 Å². The monoisotopic (exact) mass is 325 g/mol. The summed E-state index contributed by atoms with van der Waals surface area (Å²) < 4.78 is 1.54. The number of aromatic nitrogens is 2. The molecule has 4 rings (SSSR count). The van der Waals surface area contributed by atoms with Crippen molar-refractivity contribution in [2.45, 2.75) is 12.8 Å². The van der Waals surface area contributed by atoms with Crippen molar-refractivity contribution >= 4 is 22.2 Å².